The van der Waals surface area contributed by atoms with Crippen LogP contribution >= 0.6 is 0 Å². The molecular weight excluding hydrogens is 284 g/mol. The highest BCUT2D eigenvalue weighted by Crippen LogP contribution is 2.11. The summed E-state index contributed by atoms with van der Waals surface area (Å²) in [6, 6.07) is -0.770. The standard InChI is InChI=1S/C14H26N6O2/c1-9-17-20(12(22)16-14(6,7)8)10(2)18-19(9)11(21)15-13(3,4)5/h1-8H3,(H,15,21)(H,16,22). The molecule has 0 aliphatic carbocycles. The molecule has 0 aromatic heterocycles. The first-order valence-electron chi connectivity index (χ1n) is 7.15. The van der Waals surface area contributed by atoms with Crippen LogP contribution in [0.4, 0.5) is 9.59 Å². The summed E-state index contributed by atoms with van der Waals surface area (Å²) in [5.74, 6) is 0.632. The van der Waals surface area contributed by atoms with Crippen molar-refractivity contribution in [2.45, 2.75) is 66.5 Å². The minimum absolute atomic E-state index is 0.316. The molecule has 0 unspecified atom stereocenters. The lowest BCUT2D eigenvalue weighted by Gasteiger charge is -2.31. The van der Waals surface area contributed by atoms with Crippen LogP contribution in [0.1, 0.15) is 55.4 Å². The van der Waals surface area contributed by atoms with Crippen molar-refractivity contribution in [2.24, 2.45) is 10.2 Å². The summed E-state index contributed by atoms with van der Waals surface area (Å²) in [5, 5.41) is 16.2. The van der Waals surface area contributed by atoms with Crippen LogP contribution in [0.5, 0.6) is 0 Å². The zero-order chi connectivity index (χ0) is 17.3. The molecule has 8 heteroatoms. The third-order valence-electron chi connectivity index (χ3n) is 2.45. The van der Waals surface area contributed by atoms with Crippen LogP contribution < -0.4 is 10.6 Å². The van der Waals surface area contributed by atoms with Crippen LogP contribution in [0.3, 0.4) is 0 Å². The maximum atomic E-state index is 12.2. The number of nitrogens with zero attached hydrogens (tertiary/aromatic N) is 4. The Bertz CT molecular complexity index is 476. The molecule has 4 amide bonds. The van der Waals surface area contributed by atoms with Crippen molar-refractivity contribution in [1.29, 1.82) is 0 Å². The fourth-order valence-corrected chi connectivity index (χ4v) is 1.65. The summed E-state index contributed by atoms with van der Waals surface area (Å²) in [6.45, 7) is 14.5. The highest BCUT2D eigenvalue weighted by Gasteiger charge is 2.29. The zero-order valence-corrected chi connectivity index (χ0v) is 14.6. The molecule has 0 radical (unpaired) electrons. The van der Waals surface area contributed by atoms with Gasteiger partial charge >= 0.3 is 12.1 Å². The van der Waals surface area contributed by atoms with Gasteiger partial charge in [-0.05, 0) is 55.4 Å². The van der Waals surface area contributed by atoms with Crippen molar-refractivity contribution >= 4 is 23.7 Å². The molecule has 0 bridgehead atoms. The van der Waals surface area contributed by atoms with Crippen LogP contribution in [0.15, 0.2) is 10.2 Å². The van der Waals surface area contributed by atoms with E-state index in [0.29, 0.717) is 11.7 Å². The average Bonchev–Trinajstić information content (AvgIpc) is 2.26. The minimum atomic E-state index is -0.387. The molecule has 0 aromatic carbocycles. The smallest absolute Gasteiger partial charge is 0.332 e. The number of hydrogen-bond acceptors (Lipinski definition) is 4. The third-order valence-corrected chi connectivity index (χ3v) is 2.45. The lowest BCUT2D eigenvalue weighted by molar-refractivity contribution is 0.200. The van der Waals surface area contributed by atoms with Crippen LogP contribution in [0.25, 0.3) is 0 Å². The zero-order valence-electron chi connectivity index (χ0n) is 14.6. The van der Waals surface area contributed by atoms with Gasteiger partial charge in [0, 0.05) is 11.1 Å². The molecule has 0 spiro atoms. The lowest BCUT2D eigenvalue weighted by Crippen LogP contribution is -2.53. The Labute approximate surface area is 131 Å². The molecule has 1 rings (SSSR count). The monoisotopic (exact) mass is 310 g/mol. The van der Waals surface area contributed by atoms with Crippen LogP contribution in [0.2, 0.25) is 0 Å². The second kappa shape index (κ2) is 5.94. The number of carbonyl (C=O) groups excluding carboxylic acids is 2. The molecule has 2 N–H and O–H groups in total. The van der Waals surface area contributed by atoms with Crippen molar-refractivity contribution in [2.75, 3.05) is 0 Å². The Morgan fingerprint density at radius 1 is 0.773 bits per heavy atom. The van der Waals surface area contributed by atoms with Crippen molar-refractivity contribution in [3.8, 4) is 0 Å². The summed E-state index contributed by atoms with van der Waals surface area (Å²) < 4.78 is 0. The number of hydrazone groups is 2. The Morgan fingerprint density at radius 3 is 1.27 bits per heavy atom. The molecular formula is C14H26N6O2. The molecule has 8 nitrogen and oxygen atoms in total. The van der Waals surface area contributed by atoms with Crippen LogP contribution in [-0.4, -0.2) is 44.8 Å². The van der Waals surface area contributed by atoms with E-state index in [1.807, 2.05) is 41.5 Å². The van der Waals surface area contributed by atoms with Crippen molar-refractivity contribution in [3.05, 3.63) is 0 Å². The fourth-order valence-electron chi connectivity index (χ4n) is 1.65. The van der Waals surface area contributed by atoms with Gasteiger partial charge in [-0.3, -0.25) is 0 Å². The van der Waals surface area contributed by atoms with E-state index in [0.717, 1.165) is 10.0 Å². The normalized spacial score (nSPS) is 16.0. The van der Waals surface area contributed by atoms with Gasteiger partial charge in [0.25, 0.3) is 0 Å². The largest absolute Gasteiger partial charge is 0.344 e. The summed E-state index contributed by atoms with van der Waals surface area (Å²) in [4.78, 5) is 24.4. The van der Waals surface area contributed by atoms with Crippen molar-refractivity contribution < 1.29 is 9.59 Å². The molecule has 1 aliphatic heterocycles. The first-order chi connectivity index (χ1) is 9.80. The second-order valence-corrected chi connectivity index (χ2v) is 7.28. The van der Waals surface area contributed by atoms with Gasteiger partial charge in [0.05, 0.1) is 0 Å². The average molecular weight is 310 g/mol. The Kier molecular flexibility index (Phi) is 4.84. The van der Waals surface area contributed by atoms with E-state index in [9.17, 15) is 9.59 Å². The highest BCUT2D eigenvalue weighted by atomic mass is 16.2. The highest BCUT2D eigenvalue weighted by molar-refractivity contribution is 6.04. The maximum Gasteiger partial charge on any atom is 0.344 e. The first kappa shape index (κ1) is 17.9. The van der Waals surface area contributed by atoms with Crippen LogP contribution in [0, 0.1) is 0 Å². The Hall–Kier alpha value is -2.12. The van der Waals surface area contributed by atoms with Gasteiger partial charge in [-0.2, -0.15) is 10.0 Å². The minimum Gasteiger partial charge on any atom is -0.332 e. The lowest BCUT2D eigenvalue weighted by atomic mass is 10.1. The van der Waals surface area contributed by atoms with E-state index < -0.39 is 0 Å². The number of amides is 4. The van der Waals surface area contributed by atoms with E-state index in [1.165, 1.54) is 0 Å². The van der Waals surface area contributed by atoms with Gasteiger partial charge in [0.15, 0.2) is 11.7 Å². The predicted molar refractivity (Wildman–Crippen MR) is 86.5 cm³/mol. The van der Waals surface area contributed by atoms with E-state index in [2.05, 4.69) is 20.8 Å². The Balaban J connectivity index is 2.91. The van der Waals surface area contributed by atoms with E-state index >= 15 is 0 Å². The van der Waals surface area contributed by atoms with Crippen molar-refractivity contribution in [3.63, 3.8) is 0 Å². The number of carbonyl (C=O) groups is 2. The van der Waals surface area contributed by atoms with Gasteiger partial charge in [-0.25, -0.2) is 9.59 Å². The second-order valence-electron chi connectivity index (χ2n) is 7.28. The number of hydrogen-bond donors (Lipinski definition) is 2. The molecule has 1 aliphatic rings. The van der Waals surface area contributed by atoms with Gasteiger partial charge in [-0.1, -0.05) is 0 Å². The maximum absolute atomic E-state index is 12.2. The third kappa shape index (κ3) is 5.01. The van der Waals surface area contributed by atoms with E-state index in [4.69, 9.17) is 0 Å². The molecule has 0 atom stereocenters. The molecule has 1 heterocycles. The number of nitrogens with one attached hydrogen (secondary N) is 2. The molecule has 22 heavy (non-hydrogen) atoms. The number of rotatable bonds is 0. The molecule has 0 saturated carbocycles. The predicted octanol–water partition coefficient (Wildman–Crippen LogP) is 2.29. The van der Waals surface area contributed by atoms with E-state index in [1.54, 1.807) is 13.8 Å². The quantitative estimate of drug-likeness (QED) is 0.719. The Morgan fingerprint density at radius 2 is 1.05 bits per heavy atom. The number of amidine groups is 2. The summed E-state index contributed by atoms with van der Waals surface area (Å²) in [7, 11) is 0. The van der Waals surface area contributed by atoms with Crippen molar-refractivity contribution in [1.82, 2.24) is 20.7 Å². The van der Waals surface area contributed by atoms with Gasteiger partial charge in [0.1, 0.15) is 0 Å². The van der Waals surface area contributed by atoms with Gasteiger partial charge in [0.2, 0.25) is 0 Å². The fraction of sp³-hybridized carbons (Fsp3) is 0.714. The van der Waals surface area contributed by atoms with Gasteiger partial charge in [-0.15, -0.1) is 10.2 Å². The summed E-state index contributed by atoms with van der Waals surface area (Å²) in [6.07, 6.45) is 0. The molecule has 124 valence electrons. The SMILES string of the molecule is CC1=NN(C(=O)NC(C)(C)C)C(C)=NN1C(=O)NC(C)(C)C. The first-order valence-corrected chi connectivity index (χ1v) is 7.15. The topological polar surface area (TPSA) is 89.4 Å². The molecule has 0 fully saturated rings. The van der Waals surface area contributed by atoms with E-state index in [-0.39, 0.29) is 23.1 Å². The van der Waals surface area contributed by atoms with Gasteiger partial charge < -0.3 is 10.6 Å². The number of urea groups is 2. The molecule has 0 aromatic rings. The summed E-state index contributed by atoms with van der Waals surface area (Å²) in [5.41, 5.74) is -0.775. The molecule has 0 saturated heterocycles. The summed E-state index contributed by atoms with van der Waals surface area (Å²) >= 11 is 0. The van der Waals surface area contributed by atoms with Crippen LogP contribution in [-0.2, 0) is 0 Å².